The van der Waals surface area contributed by atoms with Crippen LogP contribution in [0.5, 0.6) is 0 Å². The smallest absolute Gasteiger partial charge is 0.0475 e. The molecule has 1 N–H and O–H groups in total. The van der Waals surface area contributed by atoms with Crippen LogP contribution in [0.15, 0.2) is 24.3 Å². The summed E-state index contributed by atoms with van der Waals surface area (Å²) >= 11 is 0. The van der Waals surface area contributed by atoms with Gasteiger partial charge in [0.05, 0.1) is 0 Å². The molecule has 140 valence electrons. The maximum absolute atomic E-state index is 9.89. The average molecular weight is 346 g/mol. The van der Waals surface area contributed by atoms with E-state index in [0.717, 1.165) is 32.6 Å². The van der Waals surface area contributed by atoms with Gasteiger partial charge in [0.2, 0.25) is 0 Å². The Bertz CT molecular complexity index is 536. The van der Waals surface area contributed by atoms with Crippen molar-refractivity contribution in [1.82, 2.24) is 14.7 Å². The molecule has 25 heavy (non-hydrogen) atoms. The van der Waals surface area contributed by atoms with Crippen molar-refractivity contribution in [3.05, 3.63) is 35.4 Å². The van der Waals surface area contributed by atoms with Crippen molar-refractivity contribution in [1.29, 1.82) is 0 Å². The van der Waals surface area contributed by atoms with Gasteiger partial charge >= 0.3 is 0 Å². The molecule has 1 aromatic carbocycles. The molecular weight excluding hydrogens is 310 g/mol. The number of hydrogen-bond acceptors (Lipinski definition) is 4. The normalized spacial score (nSPS) is 26.8. The van der Waals surface area contributed by atoms with Crippen LogP contribution in [-0.4, -0.2) is 79.3 Å². The first-order chi connectivity index (χ1) is 12.2. The van der Waals surface area contributed by atoms with E-state index < -0.39 is 0 Å². The summed E-state index contributed by atoms with van der Waals surface area (Å²) < 4.78 is 0. The molecule has 0 bridgehead atoms. The van der Waals surface area contributed by atoms with Gasteiger partial charge in [-0.3, -0.25) is 4.90 Å². The van der Waals surface area contributed by atoms with Gasteiger partial charge in [0.1, 0.15) is 0 Å². The number of hydrogen-bond donors (Lipinski definition) is 1. The Morgan fingerprint density at radius 2 is 1.72 bits per heavy atom. The van der Waals surface area contributed by atoms with Gasteiger partial charge in [-0.15, -0.1) is 0 Å². The van der Waals surface area contributed by atoms with Gasteiger partial charge in [0.15, 0.2) is 0 Å². The molecule has 2 atom stereocenters. The number of benzene rings is 1. The second-order valence-corrected chi connectivity index (χ2v) is 7.98. The first kappa shape index (κ1) is 18.8. The molecule has 4 nitrogen and oxygen atoms in total. The quantitative estimate of drug-likeness (QED) is 0.853. The maximum atomic E-state index is 9.89. The summed E-state index contributed by atoms with van der Waals surface area (Å²) in [6.07, 6.45) is 2.36. The van der Waals surface area contributed by atoms with Gasteiger partial charge in [-0.2, -0.15) is 0 Å². The van der Waals surface area contributed by atoms with Crippen LogP contribution < -0.4 is 0 Å². The van der Waals surface area contributed by atoms with E-state index in [0.29, 0.717) is 18.4 Å². The highest BCUT2D eigenvalue weighted by Crippen LogP contribution is 2.26. The molecule has 2 aliphatic heterocycles. The Kier molecular flexibility index (Phi) is 6.88. The number of aliphatic hydroxyl groups is 1. The summed E-state index contributed by atoms with van der Waals surface area (Å²) in [5, 5.41) is 9.89. The third-order valence-electron chi connectivity index (χ3n) is 6.08. The number of likely N-dealkylation sites (N-methyl/N-ethyl adjacent to an activating group) is 1. The number of aryl methyl sites for hydroxylation is 1. The topological polar surface area (TPSA) is 30.0 Å². The fourth-order valence-corrected chi connectivity index (χ4v) is 4.49. The average Bonchev–Trinajstić information content (AvgIpc) is 2.88. The van der Waals surface area contributed by atoms with E-state index >= 15 is 0 Å². The first-order valence-electron chi connectivity index (χ1n) is 10.0. The summed E-state index contributed by atoms with van der Waals surface area (Å²) in [5.41, 5.74) is 2.92. The Hall–Kier alpha value is -0.940. The highest BCUT2D eigenvalue weighted by Gasteiger charge is 2.33. The van der Waals surface area contributed by atoms with Crippen LogP contribution in [0.25, 0.3) is 0 Å². The molecule has 3 rings (SSSR count). The molecule has 0 radical (unpaired) electrons. The molecule has 2 heterocycles. The second-order valence-electron chi connectivity index (χ2n) is 7.98. The van der Waals surface area contributed by atoms with E-state index in [4.69, 9.17) is 0 Å². The Morgan fingerprint density at radius 1 is 0.960 bits per heavy atom. The van der Waals surface area contributed by atoms with Gasteiger partial charge in [-0.25, -0.2) is 0 Å². The zero-order chi connectivity index (χ0) is 17.6. The van der Waals surface area contributed by atoms with E-state index in [-0.39, 0.29) is 0 Å². The van der Waals surface area contributed by atoms with E-state index in [1.807, 2.05) is 0 Å². The fraction of sp³-hybridized carbons (Fsp3) is 0.714. The molecule has 2 aliphatic rings. The van der Waals surface area contributed by atoms with Crippen molar-refractivity contribution in [2.24, 2.45) is 11.8 Å². The van der Waals surface area contributed by atoms with Gasteiger partial charge in [-0.1, -0.05) is 31.2 Å². The summed E-state index contributed by atoms with van der Waals surface area (Å²) in [5.74, 6) is 1.02. The molecule has 2 fully saturated rings. The van der Waals surface area contributed by atoms with Crippen molar-refractivity contribution in [2.45, 2.75) is 26.3 Å². The Balaban J connectivity index is 1.58. The molecule has 0 spiro atoms. The predicted octanol–water partition coefficient (Wildman–Crippen LogP) is 1.93. The van der Waals surface area contributed by atoms with Gasteiger partial charge in [-0.05, 0) is 55.9 Å². The molecule has 0 aliphatic carbocycles. The number of nitrogens with zero attached hydrogens (tertiary/aromatic N) is 3. The number of rotatable bonds is 6. The standard InChI is InChI=1S/C21H35N3O/c1-3-18-7-4-5-8-19(18)13-24-15-20(21(16-24)17-25)14-23-10-6-9-22(2)11-12-23/h4-5,7-8,20-21,25H,3,6,9-17H2,1-2H3/t20-,21-/m1/s1. The van der Waals surface area contributed by atoms with Crippen molar-refractivity contribution < 1.29 is 5.11 Å². The largest absolute Gasteiger partial charge is 0.396 e. The second kappa shape index (κ2) is 9.13. The van der Waals surface area contributed by atoms with Gasteiger partial charge < -0.3 is 14.9 Å². The summed E-state index contributed by atoms with van der Waals surface area (Å²) in [7, 11) is 2.22. The minimum absolute atomic E-state index is 0.324. The van der Waals surface area contributed by atoms with E-state index in [9.17, 15) is 5.11 Å². The first-order valence-corrected chi connectivity index (χ1v) is 10.0. The number of aliphatic hydroxyl groups excluding tert-OH is 1. The predicted molar refractivity (Wildman–Crippen MR) is 104 cm³/mol. The van der Waals surface area contributed by atoms with Crippen molar-refractivity contribution in [3.8, 4) is 0 Å². The highest BCUT2D eigenvalue weighted by atomic mass is 16.3. The van der Waals surface area contributed by atoms with Crippen LogP contribution in [0.2, 0.25) is 0 Å². The maximum Gasteiger partial charge on any atom is 0.0475 e. The lowest BCUT2D eigenvalue weighted by molar-refractivity contribution is 0.165. The number of likely N-dealkylation sites (tertiary alicyclic amines) is 1. The minimum Gasteiger partial charge on any atom is -0.396 e. The molecule has 2 saturated heterocycles. The molecule has 0 unspecified atom stereocenters. The SMILES string of the molecule is CCc1ccccc1CN1C[C@@H](CN2CCCN(C)CC2)[C@@H](CO)C1. The monoisotopic (exact) mass is 345 g/mol. The van der Waals surface area contributed by atoms with Crippen LogP contribution in [-0.2, 0) is 13.0 Å². The van der Waals surface area contributed by atoms with E-state index in [1.54, 1.807) is 0 Å². The van der Waals surface area contributed by atoms with Crippen LogP contribution in [0.1, 0.15) is 24.5 Å². The highest BCUT2D eigenvalue weighted by molar-refractivity contribution is 5.27. The zero-order valence-electron chi connectivity index (χ0n) is 16.0. The van der Waals surface area contributed by atoms with Gasteiger partial charge in [0, 0.05) is 45.9 Å². The molecule has 0 saturated carbocycles. The summed E-state index contributed by atoms with van der Waals surface area (Å²) in [4.78, 5) is 7.62. The Morgan fingerprint density at radius 3 is 2.48 bits per heavy atom. The van der Waals surface area contributed by atoms with Crippen LogP contribution in [0, 0.1) is 11.8 Å². The molecule has 0 aromatic heterocycles. The molecule has 1 aromatic rings. The molecular formula is C21H35N3O. The van der Waals surface area contributed by atoms with Crippen molar-refractivity contribution >= 4 is 0 Å². The third-order valence-corrected chi connectivity index (χ3v) is 6.08. The zero-order valence-corrected chi connectivity index (χ0v) is 16.0. The van der Waals surface area contributed by atoms with E-state index in [2.05, 4.69) is 52.9 Å². The molecule has 0 amide bonds. The van der Waals surface area contributed by atoms with Gasteiger partial charge in [0.25, 0.3) is 0 Å². The lowest BCUT2D eigenvalue weighted by Crippen LogP contribution is -2.36. The summed E-state index contributed by atoms with van der Waals surface area (Å²) in [6.45, 7) is 11.6. The fourth-order valence-electron chi connectivity index (χ4n) is 4.49. The van der Waals surface area contributed by atoms with Crippen LogP contribution in [0.4, 0.5) is 0 Å². The van der Waals surface area contributed by atoms with Crippen LogP contribution in [0.3, 0.4) is 0 Å². The van der Waals surface area contributed by atoms with E-state index in [1.165, 1.54) is 43.7 Å². The third kappa shape index (κ3) is 5.04. The minimum atomic E-state index is 0.324. The Labute approximate surface area is 153 Å². The molecule has 4 heteroatoms. The van der Waals surface area contributed by atoms with Crippen molar-refractivity contribution in [3.63, 3.8) is 0 Å². The summed E-state index contributed by atoms with van der Waals surface area (Å²) in [6, 6.07) is 8.81. The lowest BCUT2D eigenvalue weighted by atomic mass is 9.96. The lowest BCUT2D eigenvalue weighted by Gasteiger charge is -2.26. The van der Waals surface area contributed by atoms with Crippen molar-refractivity contribution in [2.75, 3.05) is 59.5 Å². The van der Waals surface area contributed by atoms with Crippen LogP contribution >= 0.6 is 0 Å².